The molecule has 4 rings (SSSR count). The molecule has 6 nitrogen and oxygen atoms in total. The fraction of sp³-hybridized carbons (Fsp3) is 0.526. The lowest BCUT2D eigenvalue weighted by Crippen LogP contribution is -2.40. The zero-order valence-corrected chi connectivity index (χ0v) is 14.9. The standard InChI is InChI=1S/C19H25N5O/c1-14-20-18(23(2)22-14)21-17(25)19-10-6-9-16(19)12-24(13-19)11-15-7-4-3-5-8-15/h3-5,7-8,16H,6,9-13H2,1-2H3,(H,20,21,22,25)/t16-,19-/m1/s1. The van der Waals surface area contributed by atoms with Gasteiger partial charge in [-0.15, -0.1) is 0 Å². The van der Waals surface area contributed by atoms with Crippen LogP contribution in [0.4, 0.5) is 5.95 Å². The van der Waals surface area contributed by atoms with Crippen LogP contribution in [0.1, 0.15) is 30.7 Å². The van der Waals surface area contributed by atoms with E-state index >= 15 is 0 Å². The third kappa shape index (κ3) is 2.95. The molecule has 6 heteroatoms. The second kappa shape index (κ2) is 6.26. The van der Waals surface area contributed by atoms with Crippen molar-refractivity contribution in [1.29, 1.82) is 0 Å². The van der Waals surface area contributed by atoms with Gasteiger partial charge in [0.15, 0.2) is 0 Å². The smallest absolute Gasteiger partial charge is 0.234 e. The van der Waals surface area contributed by atoms with Gasteiger partial charge < -0.3 is 0 Å². The van der Waals surface area contributed by atoms with E-state index in [1.807, 2.05) is 20.0 Å². The molecule has 0 bridgehead atoms. The van der Waals surface area contributed by atoms with Crippen molar-refractivity contribution < 1.29 is 4.79 Å². The fourth-order valence-corrected chi connectivity index (χ4v) is 4.57. The Labute approximate surface area is 148 Å². The van der Waals surface area contributed by atoms with Crippen molar-refractivity contribution in [2.24, 2.45) is 18.4 Å². The minimum atomic E-state index is -0.283. The van der Waals surface area contributed by atoms with E-state index in [0.29, 0.717) is 17.7 Å². The molecule has 0 spiro atoms. The molecule has 1 aliphatic heterocycles. The Balaban J connectivity index is 1.50. The summed E-state index contributed by atoms with van der Waals surface area (Å²) >= 11 is 0. The molecule has 2 heterocycles. The van der Waals surface area contributed by atoms with Gasteiger partial charge >= 0.3 is 0 Å². The number of likely N-dealkylation sites (tertiary alicyclic amines) is 1. The fourth-order valence-electron chi connectivity index (χ4n) is 4.57. The van der Waals surface area contributed by atoms with E-state index in [0.717, 1.165) is 38.9 Å². The minimum Gasteiger partial charge on any atom is -0.298 e. The average molecular weight is 339 g/mol. The predicted molar refractivity (Wildman–Crippen MR) is 95.9 cm³/mol. The van der Waals surface area contributed by atoms with E-state index in [-0.39, 0.29) is 11.3 Å². The van der Waals surface area contributed by atoms with Crippen molar-refractivity contribution >= 4 is 11.9 Å². The Morgan fingerprint density at radius 2 is 2.16 bits per heavy atom. The highest BCUT2D eigenvalue weighted by molar-refractivity contribution is 5.95. The number of carbonyl (C=O) groups is 1. The van der Waals surface area contributed by atoms with E-state index in [4.69, 9.17) is 0 Å². The molecule has 1 aliphatic carbocycles. The SMILES string of the molecule is Cc1nc(NC(=O)[C@@]23CCC[C@@H]2CN(Cc2ccccc2)C3)n(C)n1. The number of aryl methyl sites for hydroxylation is 2. The summed E-state index contributed by atoms with van der Waals surface area (Å²) in [4.78, 5) is 19.9. The highest BCUT2D eigenvalue weighted by atomic mass is 16.2. The van der Waals surface area contributed by atoms with Crippen molar-refractivity contribution in [2.75, 3.05) is 18.4 Å². The Bertz CT molecular complexity index is 771. The van der Waals surface area contributed by atoms with Gasteiger partial charge in [-0.25, -0.2) is 4.68 Å². The summed E-state index contributed by atoms with van der Waals surface area (Å²) in [7, 11) is 1.82. The van der Waals surface area contributed by atoms with E-state index in [1.165, 1.54) is 5.56 Å². The first kappa shape index (κ1) is 16.3. The van der Waals surface area contributed by atoms with Crippen LogP contribution in [0.15, 0.2) is 30.3 Å². The zero-order chi connectivity index (χ0) is 17.4. The van der Waals surface area contributed by atoms with Gasteiger partial charge in [0.25, 0.3) is 0 Å². The Morgan fingerprint density at radius 1 is 1.36 bits per heavy atom. The molecule has 1 aromatic carbocycles. The molecular weight excluding hydrogens is 314 g/mol. The van der Waals surface area contributed by atoms with Gasteiger partial charge in [-0.2, -0.15) is 10.1 Å². The van der Waals surface area contributed by atoms with Crippen LogP contribution in [-0.2, 0) is 18.4 Å². The number of fused-ring (bicyclic) bond motifs is 1. The molecule has 1 aromatic heterocycles. The second-order valence-corrected chi connectivity index (χ2v) is 7.46. The van der Waals surface area contributed by atoms with Gasteiger partial charge in [-0.05, 0) is 31.2 Å². The molecule has 0 unspecified atom stereocenters. The Kier molecular flexibility index (Phi) is 4.07. The first-order chi connectivity index (χ1) is 12.1. The molecule has 1 saturated heterocycles. The maximum atomic E-state index is 13.2. The van der Waals surface area contributed by atoms with Gasteiger partial charge in [0.1, 0.15) is 5.82 Å². The molecular formula is C19H25N5O. The van der Waals surface area contributed by atoms with Crippen LogP contribution in [-0.4, -0.2) is 38.7 Å². The Hall–Kier alpha value is -2.21. The van der Waals surface area contributed by atoms with Crippen molar-refractivity contribution in [3.8, 4) is 0 Å². The molecule has 2 aromatic rings. The quantitative estimate of drug-likeness (QED) is 0.929. The third-order valence-corrected chi connectivity index (χ3v) is 5.74. The van der Waals surface area contributed by atoms with Crippen LogP contribution >= 0.6 is 0 Å². The van der Waals surface area contributed by atoms with Gasteiger partial charge in [0, 0.05) is 26.7 Å². The second-order valence-electron chi connectivity index (χ2n) is 7.46. The summed E-state index contributed by atoms with van der Waals surface area (Å²) in [5.41, 5.74) is 1.02. The first-order valence-corrected chi connectivity index (χ1v) is 9.02. The molecule has 1 N–H and O–H groups in total. The maximum absolute atomic E-state index is 13.2. The highest BCUT2D eigenvalue weighted by Crippen LogP contribution is 2.49. The number of nitrogens with zero attached hydrogens (tertiary/aromatic N) is 4. The number of rotatable bonds is 4. The number of amides is 1. The topological polar surface area (TPSA) is 63.1 Å². The lowest BCUT2D eigenvalue weighted by Gasteiger charge is -2.27. The summed E-state index contributed by atoms with van der Waals surface area (Å²) in [6, 6.07) is 10.5. The third-order valence-electron chi connectivity index (χ3n) is 5.74. The molecule has 132 valence electrons. The first-order valence-electron chi connectivity index (χ1n) is 9.02. The maximum Gasteiger partial charge on any atom is 0.234 e. The Morgan fingerprint density at radius 3 is 2.88 bits per heavy atom. The van der Waals surface area contributed by atoms with Crippen LogP contribution in [0.3, 0.4) is 0 Å². The van der Waals surface area contributed by atoms with Crippen molar-refractivity contribution in [3.05, 3.63) is 41.7 Å². The molecule has 25 heavy (non-hydrogen) atoms. The summed E-state index contributed by atoms with van der Waals surface area (Å²) in [6.07, 6.45) is 3.23. The molecule has 1 amide bonds. The number of hydrogen-bond donors (Lipinski definition) is 1. The van der Waals surface area contributed by atoms with Crippen LogP contribution in [0.5, 0.6) is 0 Å². The van der Waals surface area contributed by atoms with Gasteiger partial charge in [-0.3, -0.25) is 15.0 Å². The summed E-state index contributed by atoms with van der Waals surface area (Å²) < 4.78 is 1.64. The van der Waals surface area contributed by atoms with Gasteiger partial charge in [-0.1, -0.05) is 36.8 Å². The van der Waals surface area contributed by atoms with Gasteiger partial charge in [0.05, 0.1) is 5.41 Å². The molecule has 2 fully saturated rings. The highest BCUT2D eigenvalue weighted by Gasteiger charge is 2.54. The summed E-state index contributed by atoms with van der Waals surface area (Å²) in [5, 5.41) is 7.27. The predicted octanol–water partition coefficient (Wildman–Crippen LogP) is 2.36. The minimum absolute atomic E-state index is 0.112. The number of hydrogen-bond acceptors (Lipinski definition) is 4. The van der Waals surface area contributed by atoms with Crippen LogP contribution in [0.25, 0.3) is 0 Å². The van der Waals surface area contributed by atoms with Gasteiger partial charge in [0.2, 0.25) is 11.9 Å². The number of nitrogens with one attached hydrogen (secondary N) is 1. The molecule has 0 radical (unpaired) electrons. The van der Waals surface area contributed by atoms with Crippen molar-refractivity contribution in [2.45, 2.75) is 32.7 Å². The molecule has 1 saturated carbocycles. The van der Waals surface area contributed by atoms with Crippen LogP contribution in [0.2, 0.25) is 0 Å². The number of aromatic nitrogens is 3. The largest absolute Gasteiger partial charge is 0.298 e. The normalized spacial score (nSPS) is 25.9. The number of benzene rings is 1. The lowest BCUT2D eigenvalue weighted by atomic mass is 9.80. The summed E-state index contributed by atoms with van der Waals surface area (Å²) in [5.74, 6) is 1.77. The van der Waals surface area contributed by atoms with E-state index in [9.17, 15) is 4.79 Å². The van der Waals surface area contributed by atoms with Crippen molar-refractivity contribution in [1.82, 2.24) is 19.7 Å². The molecule has 2 aliphatic rings. The number of carbonyl (C=O) groups excluding carboxylic acids is 1. The van der Waals surface area contributed by atoms with Crippen LogP contribution < -0.4 is 5.32 Å². The summed E-state index contributed by atoms with van der Waals surface area (Å²) in [6.45, 7) is 4.58. The van der Waals surface area contributed by atoms with Crippen LogP contribution in [0, 0.1) is 18.3 Å². The van der Waals surface area contributed by atoms with E-state index in [2.05, 4.69) is 44.6 Å². The average Bonchev–Trinajstić information content (AvgIpc) is 3.21. The van der Waals surface area contributed by atoms with E-state index < -0.39 is 0 Å². The molecule has 2 atom stereocenters. The monoisotopic (exact) mass is 339 g/mol. The lowest BCUT2D eigenvalue weighted by molar-refractivity contribution is -0.126. The van der Waals surface area contributed by atoms with Crippen molar-refractivity contribution in [3.63, 3.8) is 0 Å². The number of anilines is 1. The van der Waals surface area contributed by atoms with E-state index in [1.54, 1.807) is 4.68 Å². The zero-order valence-electron chi connectivity index (χ0n) is 14.9.